The Morgan fingerprint density at radius 1 is 1.14 bits per heavy atom. The van der Waals surface area contributed by atoms with E-state index in [1.54, 1.807) is 6.07 Å². The van der Waals surface area contributed by atoms with E-state index in [-0.39, 0.29) is 11.9 Å². The van der Waals surface area contributed by atoms with Gasteiger partial charge >= 0.3 is 0 Å². The number of hydrogen-bond acceptors (Lipinski definition) is 3. The van der Waals surface area contributed by atoms with Crippen molar-refractivity contribution >= 4 is 11.4 Å². The van der Waals surface area contributed by atoms with Gasteiger partial charge in [-0.25, -0.2) is 4.39 Å². The highest BCUT2D eigenvalue weighted by Gasteiger charge is 2.10. The molecule has 21 heavy (non-hydrogen) atoms. The Hall–Kier alpha value is -1.45. The zero-order valence-corrected chi connectivity index (χ0v) is 13.5. The summed E-state index contributed by atoms with van der Waals surface area (Å²) in [5.74, 6) is -0.157. The standard InChI is InChI=1S/C17H29FN2O/c1-4-5-6-7-8-9-10-20-16-12-17(21-13(2)3)14(18)11-15(16)19/h11-13,20H,4-10,19H2,1-3H3. The summed E-state index contributed by atoms with van der Waals surface area (Å²) in [6.07, 6.45) is 7.41. The largest absolute Gasteiger partial charge is 0.488 e. The van der Waals surface area contributed by atoms with Crippen molar-refractivity contribution < 1.29 is 9.13 Å². The summed E-state index contributed by atoms with van der Waals surface area (Å²) in [4.78, 5) is 0. The number of halogens is 1. The van der Waals surface area contributed by atoms with E-state index in [9.17, 15) is 4.39 Å². The Labute approximate surface area is 128 Å². The summed E-state index contributed by atoms with van der Waals surface area (Å²) in [6.45, 7) is 6.82. The molecule has 0 amide bonds. The molecule has 0 aromatic heterocycles. The lowest BCUT2D eigenvalue weighted by Crippen LogP contribution is -2.09. The minimum absolute atomic E-state index is 0.0606. The Balaban J connectivity index is 2.43. The molecule has 120 valence electrons. The molecule has 3 N–H and O–H groups in total. The number of nitrogens with two attached hydrogens (primary N) is 1. The fourth-order valence-electron chi connectivity index (χ4n) is 2.19. The van der Waals surface area contributed by atoms with Crippen LogP contribution in [0.4, 0.5) is 15.8 Å². The second-order valence-corrected chi connectivity index (χ2v) is 5.73. The number of anilines is 2. The Morgan fingerprint density at radius 2 is 1.81 bits per heavy atom. The monoisotopic (exact) mass is 296 g/mol. The predicted octanol–water partition coefficient (Wildman–Crippen LogP) is 4.97. The molecular weight excluding hydrogens is 267 g/mol. The van der Waals surface area contributed by atoms with Gasteiger partial charge in [-0.05, 0) is 20.3 Å². The maximum absolute atomic E-state index is 13.7. The fraction of sp³-hybridized carbons (Fsp3) is 0.647. The first kappa shape index (κ1) is 17.6. The van der Waals surface area contributed by atoms with E-state index in [1.165, 1.54) is 38.2 Å². The van der Waals surface area contributed by atoms with E-state index in [1.807, 2.05) is 13.8 Å². The fourth-order valence-corrected chi connectivity index (χ4v) is 2.19. The number of unbranched alkanes of at least 4 members (excludes halogenated alkanes) is 5. The molecule has 0 saturated heterocycles. The molecule has 0 bridgehead atoms. The van der Waals surface area contributed by atoms with Gasteiger partial charge in [0, 0.05) is 18.7 Å². The van der Waals surface area contributed by atoms with Crippen LogP contribution < -0.4 is 15.8 Å². The van der Waals surface area contributed by atoms with E-state index in [2.05, 4.69) is 12.2 Å². The molecule has 0 atom stereocenters. The molecule has 0 radical (unpaired) electrons. The third kappa shape index (κ3) is 6.69. The number of benzene rings is 1. The maximum Gasteiger partial charge on any atom is 0.167 e. The third-order valence-corrected chi connectivity index (χ3v) is 3.31. The lowest BCUT2D eigenvalue weighted by atomic mass is 10.1. The second kappa shape index (κ2) is 9.48. The third-order valence-electron chi connectivity index (χ3n) is 3.31. The van der Waals surface area contributed by atoms with Crippen LogP contribution in [0.5, 0.6) is 5.75 Å². The van der Waals surface area contributed by atoms with E-state index in [0.29, 0.717) is 5.69 Å². The molecular formula is C17H29FN2O. The molecule has 1 aromatic carbocycles. The van der Waals surface area contributed by atoms with Crippen LogP contribution in [0.1, 0.15) is 59.3 Å². The van der Waals surface area contributed by atoms with Crippen molar-refractivity contribution in [2.24, 2.45) is 0 Å². The van der Waals surface area contributed by atoms with Crippen molar-refractivity contribution in [1.29, 1.82) is 0 Å². The van der Waals surface area contributed by atoms with Crippen LogP contribution in [0.25, 0.3) is 0 Å². The molecule has 0 saturated carbocycles. The van der Waals surface area contributed by atoms with Crippen molar-refractivity contribution in [2.45, 2.75) is 65.4 Å². The summed E-state index contributed by atoms with van der Waals surface area (Å²) in [6, 6.07) is 2.98. The lowest BCUT2D eigenvalue weighted by Gasteiger charge is -2.15. The zero-order chi connectivity index (χ0) is 15.7. The van der Waals surface area contributed by atoms with Crippen molar-refractivity contribution in [2.75, 3.05) is 17.6 Å². The van der Waals surface area contributed by atoms with E-state index in [4.69, 9.17) is 10.5 Å². The number of nitrogen functional groups attached to an aromatic ring is 1. The van der Waals surface area contributed by atoms with E-state index >= 15 is 0 Å². The highest BCUT2D eigenvalue weighted by molar-refractivity contribution is 5.68. The average Bonchev–Trinajstić information content (AvgIpc) is 2.42. The smallest absolute Gasteiger partial charge is 0.167 e. The van der Waals surface area contributed by atoms with Gasteiger partial charge in [0.2, 0.25) is 0 Å². The summed E-state index contributed by atoms with van der Waals surface area (Å²) in [5, 5.41) is 3.27. The lowest BCUT2D eigenvalue weighted by molar-refractivity contribution is 0.231. The van der Waals surface area contributed by atoms with Crippen molar-refractivity contribution in [1.82, 2.24) is 0 Å². The van der Waals surface area contributed by atoms with E-state index < -0.39 is 5.82 Å². The first-order valence-corrected chi connectivity index (χ1v) is 8.04. The van der Waals surface area contributed by atoms with Gasteiger partial charge in [0.15, 0.2) is 11.6 Å². The molecule has 0 fully saturated rings. The van der Waals surface area contributed by atoms with Gasteiger partial charge in [-0.2, -0.15) is 0 Å². The first-order chi connectivity index (χ1) is 10.0. The van der Waals surface area contributed by atoms with Crippen LogP contribution in [0.2, 0.25) is 0 Å². The van der Waals surface area contributed by atoms with Gasteiger partial charge in [0.1, 0.15) is 0 Å². The minimum Gasteiger partial charge on any atom is -0.488 e. The van der Waals surface area contributed by atoms with Gasteiger partial charge in [-0.15, -0.1) is 0 Å². The van der Waals surface area contributed by atoms with Crippen LogP contribution in [0.15, 0.2) is 12.1 Å². The van der Waals surface area contributed by atoms with Crippen LogP contribution in [-0.2, 0) is 0 Å². The Kier molecular flexibility index (Phi) is 7.95. The summed E-state index contributed by atoms with van der Waals surface area (Å²) in [7, 11) is 0. The van der Waals surface area contributed by atoms with E-state index in [0.717, 1.165) is 18.7 Å². The van der Waals surface area contributed by atoms with Gasteiger partial charge in [0.05, 0.1) is 17.5 Å². The normalized spacial score (nSPS) is 10.9. The molecule has 0 aliphatic rings. The molecule has 1 rings (SSSR count). The molecule has 0 aliphatic carbocycles. The summed E-state index contributed by atoms with van der Waals surface area (Å²) >= 11 is 0. The summed E-state index contributed by atoms with van der Waals surface area (Å²) in [5.41, 5.74) is 7.02. The van der Waals surface area contributed by atoms with Crippen molar-refractivity contribution in [3.63, 3.8) is 0 Å². The van der Waals surface area contributed by atoms with Gasteiger partial charge in [-0.3, -0.25) is 0 Å². The van der Waals surface area contributed by atoms with Crippen LogP contribution in [0, 0.1) is 5.82 Å². The quantitative estimate of drug-likeness (QED) is 0.473. The van der Waals surface area contributed by atoms with Gasteiger partial charge in [-0.1, -0.05) is 39.0 Å². The van der Waals surface area contributed by atoms with Crippen LogP contribution >= 0.6 is 0 Å². The zero-order valence-electron chi connectivity index (χ0n) is 13.5. The highest BCUT2D eigenvalue weighted by Crippen LogP contribution is 2.29. The topological polar surface area (TPSA) is 47.3 Å². The van der Waals surface area contributed by atoms with Crippen LogP contribution in [0.3, 0.4) is 0 Å². The number of rotatable bonds is 10. The van der Waals surface area contributed by atoms with Crippen molar-refractivity contribution in [3.8, 4) is 5.75 Å². The molecule has 0 heterocycles. The Bertz CT molecular complexity index is 421. The highest BCUT2D eigenvalue weighted by atomic mass is 19.1. The number of nitrogens with one attached hydrogen (secondary N) is 1. The Morgan fingerprint density at radius 3 is 2.48 bits per heavy atom. The second-order valence-electron chi connectivity index (χ2n) is 5.73. The molecule has 4 heteroatoms. The SMILES string of the molecule is CCCCCCCCNc1cc(OC(C)C)c(F)cc1N. The maximum atomic E-state index is 13.7. The minimum atomic E-state index is -0.411. The number of hydrogen-bond donors (Lipinski definition) is 2. The molecule has 0 spiro atoms. The van der Waals surface area contributed by atoms with Crippen molar-refractivity contribution in [3.05, 3.63) is 17.9 Å². The van der Waals surface area contributed by atoms with Gasteiger partial charge in [0.25, 0.3) is 0 Å². The predicted molar refractivity (Wildman–Crippen MR) is 88.4 cm³/mol. The number of ether oxygens (including phenoxy) is 1. The summed E-state index contributed by atoms with van der Waals surface area (Å²) < 4.78 is 19.2. The van der Waals surface area contributed by atoms with Crippen LogP contribution in [-0.4, -0.2) is 12.6 Å². The molecule has 0 unspecified atom stereocenters. The molecule has 3 nitrogen and oxygen atoms in total. The average molecular weight is 296 g/mol. The first-order valence-electron chi connectivity index (χ1n) is 8.04. The molecule has 0 aliphatic heterocycles. The van der Waals surface area contributed by atoms with Gasteiger partial charge < -0.3 is 15.8 Å². The molecule has 1 aromatic rings.